The van der Waals surface area contributed by atoms with E-state index in [1.807, 2.05) is 11.3 Å². The van der Waals surface area contributed by atoms with Gasteiger partial charge < -0.3 is 4.57 Å². The molecule has 1 unspecified atom stereocenters. The highest BCUT2D eigenvalue weighted by molar-refractivity contribution is 7.15. The molecule has 0 fully saturated rings. The lowest BCUT2D eigenvalue weighted by atomic mass is 10.0. The number of aromatic nitrogens is 2. The quantitative estimate of drug-likeness (QED) is 0.731. The van der Waals surface area contributed by atoms with Gasteiger partial charge in [-0.1, -0.05) is 0 Å². The smallest absolute Gasteiger partial charge is 0.150 e. The molecule has 0 amide bonds. The Morgan fingerprint density at radius 1 is 1.44 bits per heavy atom. The lowest BCUT2D eigenvalue weighted by Crippen LogP contribution is -2.15. The molecule has 3 heterocycles. The number of hydrogen-bond donors (Lipinski definition) is 0. The molecular weight excluding hydrogens is 216 g/mol. The van der Waals surface area contributed by atoms with E-state index in [4.69, 9.17) is 0 Å². The number of rotatable bonds is 1. The topological polar surface area (TPSA) is 17.8 Å². The van der Waals surface area contributed by atoms with Crippen LogP contribution < -0.4 is 0 Å². The van der Waals surface area contributed by atoms with Crippen molar-refractivity contribution in [3.8, 4) is 10.7 Å². The Kier molecular flexibility index (Phi) is 2.36. The normalized spacial score (nSPS) is 19.8. The molecule has 0 spiro atoms. The molecule has 16 heavy (non-hydrogen) atoms. The first-order valence-corrected chi connectivity index (χ1v) is 6.70. The summed E-state index contributed by atoms with van der Waals surface area (Å²) in [6, 6.07) is 4.97. The highest BCUT2D eigenvalue weighted by Gasteiger charge is 2.21. The van der Waals surface area contributed by atoms with Crippen molar-refractivity contribution < 1.29 is 0 Å². The van der Waals surface area contributed by atoms with Crippen molar-refractivity contribution in [2.45, 2.75) is 39.2 Å². The van der Waals surface area contributed by atoms with Gasteiger partial charge in [-0.3, -0.25) is 0 Å². The van der Waals surface area contributed by atoms with Crippen molar-refractivity contribution in [2.75, 3.05) is 0 Å². The van der Waals surface area contributed by atoms with Crippen LogP contribution in [0.25, 0.3) is 10.7 Å². The number of fused-ring (bicyclic) bond motifs is 1. The zero-order valence-corrected chi connectivity index (χ0v) is 10.5. The average Bonchev–Trinajstić information content (AvgIpc) is 2.84. The van der Waals surface area contributed by atoms with Gasteiger partial charge in [-0.05, 0) is 45.2 Å². The predicted octanol–water partition coefficient (Wildman–Crippen LogP) is 3.82. The summed E-state index contributed by atoms with van der Waals surface area (Å²) in [5, 5.41) is 0. The van der Waals surface area contributed by atoms with Crippen LogP contribution in [0.4, 0.5) is 0 Å². The molecule has 2 aromatic rings. The maximum Gasteiger partial charge on any atom is 0.150 e. The van der Waals surface area contributed by atoms with Gasteiger partial charge >= 0.3 is 0 Å². The molecular formula is C13H16N2S. The van der Waals surface area contributed by atoms with Crippen LogP contribution in [0.5, 0.6) is 0 Å². The summed E-state index contributed by atoms with van der Waals surface area (Å²) in [5.41, 5.74) is 1.40. The fourth-order valence-electron chi connectivity index (χ4n) is 2.52. The van der Waals surface area contributed by atoms with Crippen molar-refractivity contribution in [2.24, 2.45) is 0 Å². The Bertz CT molecular complexity index is 510. The van der Waals surface area contributed by atoms with E-state index < -0.39 is 0 Å². The Labute approximate surface area is 100.0 Å². The molecule has 0 aromatic carbocycles. The van der Waals surface area contributed by atoms with Crippen LogP contribution in [0, 0.1) is 6.92 Å². The molecule has 2 aromatic heterocycles. The molecule has 0 radical (unpaired) electrons. The summed E-state index contributed by atoms with van der Waals surface area (Å²) in [4.78, 5) is 7.27. The van der Waals surface area contributed by atoms with Crippen LogP contribution in [0.3, 0.4) is 0 Å². The van der Waals surface area contributed by atoms with Crippen molar-refractivity contribution in [3.63, 3.8) is 0 Å². The van der Waals surface area contributed by atoms with Gasteiger partial charge in [-0.2, -0.15) is 0 Å². The molecule has 0 bridgehead atoms. The van der Waals surface area contributed by atoms with Gasteiger partial charge in [0.05, 0.1) is 4.88 Å². The van der Waals surface area contributed by atoms with Gasteiger partial charge in [0.1, 0.15) is 5.82 Å². The van der Waals surface area contributed by atoms with E-state index in [-0.39, 0.29) is 0 Å². The minimum Gasteiger partial charge on any atom is -0.325 e. The summed E-state index contributed by atoms with van der Waals surface area (Å²) in [6.07, 6.45) is 5.82. The number of imidazole rings is 1. The van der Waals surface area contributed by atoms with E-state index in [1.165, 1.54) is 40.5 Å². The average molecular weight is 232 g/mol. The van der Waals surface area contributed by atoms with Gasteiger partial charge in [0.2, 0.25) is 0 Å². The first kappa shape index (κ1) is 10.1. The highest BCUT2D eigenvalue weighted by atomic mass is 32.1. The Hall–Kier alpha value is -1.09. The second-order valence-electron chi connectivity index (χ2n) is 4.59. The summed E-state index contributed by atoms with van der Waals surface area (Å²) >= 11 is 1.84. The largest absolute Gasteiger partial charge is 0.325 e. The minimum absolute atomic E-state index is 0.601. The SMILES string of the molecule is Cc1ccc(-c2ncc3n2C(C)CCC3)s1. The molecule has 1 aliphatic rings. The molecule has 0 aliphatic carbocycles. The van der Waals surface area contributed by atoms with Gasteiger partial charge in [-0.15, -0.1) is 11.3 Å². The summed E-state index contributed by atoms with van der Waals surface area (Å²) < 4.78 is 2.43. The van der Waals surface area contributed by atoms with Crippen molar-refractivity contribution >= 4 is 11.3 Å². The van der Waals surface area contributed by atoms with Crippen LogP contribution in [0.1, 0.15) is 36.4 Å². The molecule has 0 N–H and O–H groups in total. The molecule has 1 atom stereocenters. The molecule has 0 saturated carbocycles. The second kappa shape index (κ2) is 3.74. The zero-order chi connectivity index (χ0) is 11.1. The molecule has 2 nitrogen and oxygen atoms in total. The van der Waals surface area contributed by atoms with Crippen LogP contribution in [0.2, 0.25) is 0 Å². The van der Waals surface area contributed by atoms with E-state index in [9.17, 15) is 0 Å². The van der Waals surface area contributed by atoms with Gasteiger partial charge in [-0.25, -0.2) is 4.98 Å². The number of aryl methyl sites for hydroxylation is 2. The van der Waals surface area contributed by atoms with Crippen molar-refractivity contribution in [1.82, 2.24) is 9.55 Å². The van der Waals surface area contributed by atoms with E-state index in [2.05, 4.69) is 41.7 Å². The molecule has 0 saturated heterocycles. The number of hydrogen-bond acceptors (Lipinski definition) is 2. The lowest BCUT2D eigenvalue weighted by Gasteiger charge is -2.23. The fraction of sp³-hybridized carbons (Fsp3) is 0.462. The fourth-order valence-corrected chi connectivity index (χ4v) is 3.38. The van der Waals surface area contributed by atoms with E-state index in [0.29, 0.717) is 6.04 Å². The van der Waals surface area contributed by atoms with Crippen LogP contribution >= 0.6 is 11.3 Å². The van der Waals surface area contributed by atoms with Crippen LogP contribution in [-0.2, 0) is 6.42 Å². The maximum absolute atomic E-state index is 4.61. The van der Waals surface area contributed by atoms with Gasteiger partial charge in [0.25, 0.3) is 0 Å². The summed E-state index contributed by atoms with van der Waals surface area (Å²) in [5.74, 6) is 1.17. The van der Waals surface area contributed by atoms with E-state index >= 15 is 0 Å². The van der Waals surface area contributed by atoms with Gasteiger partial charge in [0.15, 0.2) is 0 Å². The third kappa shape index (κ3) is 1.50. The maximum atomic E-state index is 4.61. The predicted molar refractivity (Wildman–Crippen MR) is 67.9 cm³/mol. The molecule has 84 valence electrons. The Balaban J connectivity index is 2.12. The van der Waals surface area contributed by atoms with Crippen LogP contribution in [0.15, 0.2) is 18.3 Å². The first-order valence-electron chi connectivity index (χ1n) is 5.88. The molecule has 1 aliphatic heterocycles. The van der Waals surface area contributed by atoms with Gasteiger partial charge in [0, 0.05) is 22.8 Å². The standard InChI is InChI=1S/C13H16N2S/c1-9-4-3-5-11-8-14-13(15(9)11)12-7-6-10(2)16-12/h6-9H,3-5H2,1-2H3. The third-order valence-corrected chi connectivity index (χ3v) is 4.33. The molecule has 3 heteroatoms. The second-order valence-corrected chi connectivity index (χ2v) is 5.88. The Morgan fingerprint density at radius 2 is 2.31 bits per heavy atom. The third-order valence-electron chi connectivity index (χ3n) is 3.33. The van der Waals surface area contributed by atoms with E-state index in [1.54, 1.807) is 0 Å². The van der Waals surface area contributed by atoms with Crippen molar-refractivity contribution in [3.05, 3.63) is 28.9 Å². The van der Waals surface area contributed by atoms with E-state index in [0.717, 1.165) is 0 Å². The van der Waals surface area contributed by atoms with Crippen LogP contribution in [-0.4, -0.2) is 9.55 Å². The summed E-state index contributed by atoms with van der Waals surface area (Å²) in [7, 11) is 0. The number of nitrogens with zero attached hydrogens (tertiary/aromatic N) is 2. The monoisotopic (exact) mass is 232 g/mol. The molecule has 3 rings (SSSR count). The summed E-state index contributed by atoms with van der Waals surface area (Å²) in [6.45, 7) is 4.45. The first-order chi connectivity index (χ1) is 7.75. The highest BCUT2D eigenvalue weighted by Crippen LogP contribution is 2.33. The van der Waals surface area contributed by atoms with Crippen molar-refractivity contribution in [1.29, 1.82) is 0 Å². The minimum atomic E-state index is 0.601. The number of thiophene rings is 1. The lowest BCUT2D eigenvalue weighted by molar-refractivity contribution is 0.436. The Morgan fingerprint density at radius 3 is 3.06 bits per heavy atom. The zero-order valence-electron chi connectivity index (χ0n) is 9.73.